The van der Waals surface area contributed by atoms with Crippen molar-refractivity contribution < 1.29 is 13.6 Å². The van der Waals surface area contributed by atoms with E-state index in [1.165, 1.54) is 48.1 Å². The molecule has 0 saturated heterocycles. The molecule has 0 aliphatic carbocycles. The molecule has 0 bridgehead atoms. The summed E-state index contributed by atoms with van der Waals surface area (Å²) >= 11 is 0. The third kappa shape index (κ3) is 4.78. The number of pyridine rings is 2. The molecule has 3 rings (SSSR count). The van der Waals surface area contributed by atoms with Crippen LogP contribution in [0.1, 0.15) is 19.5 Å². The van der Waals surface area contributed by atoms with Gasteiger partial charge in [0.15, 0.2) is 0 Å². The van der Waals surface area contributed by atoms with Crippen LogP contribution >= 0.6 is 0 Å². The first kappa shape index (κ1) is 20.1. The first-order valence-electron chi connectivity index (χ1n) is 8.56. The van der Waals surface area contributed by atoms with Crippen molar-refractivity contribution in [2.75, 3.05) is 10.6 Å². The van der Waals surface area contributed by atoms with E-state index >= 15 is 0 Å². The predicted octanol–water partition coefficient (Wildman–Crippen LogP) is 3.05. The smallest absolute Gasteiger partial charge is 0.287 e. The maximum Gasteiger partial charge on any atom is 0.287 e. The summed E-state index contributed by atoms with van der Waals surface area (Å²) in [4.78, 5) is 35.2. The zero-order chi connectivity index (χ0) is 21.2. The highest BCUT2D eigenvalue weighted by Crippen LogP contribution is 2.31. The summed E-state index contributed by atoms with van der Waals surface area (Å²) in [5.74, 6) is -2.98. The zero-order valence-corrected chi connectivity index (χ0v) is 15.9. The molecule has 0 fully saturated rings. The average molecular weight is 400 g/mol. The van der Waals surface area contributed by atoms with E-state index in [1.807, 2.05) is 0 Å². The Kier molecular flexibility index (Phi) is 5.35. The van der Waals surface area contributed by atoms with Gasteiger partial charge in [0, 0.05) is 44.9 Å². The number of alkyl halides is 2. The van der Waals surface area contributed by atoms with Crippen LogP contribution in [0.25, 0.3) is 11.3 Å². The second-order valence-electron chi connectivity index (χ2n) is 6.44. The number of anilines is 3. The minimum absolute atomic E-state index is 0.176. The van der Waals surface area contributed by atoms with Crippen LogP contribution < -0.4 is 16.2 Å². The number of rotatable bonds is 5. The number of nitrogens with zero attached hydrogens (tertiary/aromatic N) is 4. The average Bonchev–Trinajstić information content (AvgIpc) is 2.63. The highest BCUT2D eigenvalue weighted by atomic mass is 19.3. The van der Waals surface area contributed by atoms with Crippen molar-refractivity contribution in [1.82, 2.24) is 19.5 Å². The van der Waals surface area contributed by atoms with E-state index in [9.17, 15) is 18.4 Å². The molecule has 3 heterocycles. The Labute approximate surface area is 164 Å². The van der Waals surface area contributed by atoms with E-state index in [1.54, 1.807) is 7.05 Å². The standard InChI is InChI=1S/C19H18F2N6O2/c1-11(28)24-17-7-13(25-16-6-4-5-15(26-16)19(2,20)21)12(8-23-17)14-10-27(3)18(29)9-22-14/h4-10H,1-3H3,(H2,23,24,25,26,28). The van der Waals surface area contributed by atoms with Crippen LogP contribution in [-0.2, 0) is 17.8 Å². The summed E-state index contributed by atoms with van der Waals surface area (Å²) in [7, 11) is 1.58. The fraction of sp³-hybridized carbons (Fsp3) is 0.211. The Morgan fingerprint density at radius 3 is 2.59 bits per heavy atom. The number of nitrogens with one attached hydrogen (secondary N) is 2. The van der Waals surface area contributed by atoms with Gasteiger partial charge in [0.2, 0.25) is 5.91 Å². The Hall–Kier alpha value is -3.69. The lowest BCUT2D eigenvalue weighted by atomic mass is 10.1. The Morgan fingerprint density at radius 2 is 1.93 bits per heavy atom. The molecule has 2 N–H and O–H groups in total. The quantitative estimate of drug-likeness (QED) is 0.683. The number of aryl methyl sites for hydroxylation is 1. The molecular formula is C19H18F2N6O2. The van der Waals surface area contributed by atoms with Gasteiger partial charge in [-0.2, -0.15) is 8.78 Å². The van der Waals surface area contributed by atoms with E-state index in [-0.39, 0.29) is 28.8 Å². The van der Waals surface area contributed by atoms with Crippen LogP contribution in [0.2, 0.25) is 0 Å². The Bertz CT molecular complexity index is 1120. The first-order chi connectivity index (χ1) is 13.6. The normalized spacial score (nSPS) is 11.2. The summed E-state index contributed by atoms with van der Waals surface area (Å²) in [6, 6.07) is 5.76. The molecule has 3 aromatic heterocycles. The Morgan fingerprint density at radius 1 is 1.17 bits per heavy atom. The van der Waals surface area contributed by atoms with Gasteiger partial charge in [-0.15, -0.1) is 0 Å². The highest BCUT2D eigenvalue weighted by molar-refractivity contribution is 5.89. The first-order valence-corrected chi connectivity index (χ1v) is 8.56. The molecule has 0 radical (unpaired) electrons. The van der Waals surface area contributed by atoms with Crippen LogP contribution in [0.4, 0.5) is 26.1 Å². The number of amides is 1. The van der Waals surface area contributed by atoms with E-state index in [0.29, 0.717) is 16.9 Å². The third-order valence-corrected chi connectivity index (χ3v) is 3.92. The molecule has 0 aliphatic heterocycles. The van der Waals surface area contributed by atoms with Gasteiger partial charge in [0.05, 0.1) is 17.6 Å². The molecule has 0 unspecified atom stereocenters. The van der Waals surface area contributed by atoms with Crippen molar-refractivity contribution in [3.8, 4) is 11.3 Å². The number of aromatic nitrogens is 4. The van der Waals surface area contributed by atoms with Crippen molar-refractivity contribution in [2.24, 2.45) is 7.05 Å². The predicted molar refractivity (Wildman–Crippen MR) is 104 cm³/mol. The molecule has 0 spiro atoms. The van der Waals surface area contributed by atoms with E-state index in [4.69, 9.17) is 0 Å². The van der Waals surface area contributed by atoms with Crippen molar-refractivity contribution in [1.29, 1.82) is 0 Å². The summed E-state index contributed by atoms with van der Waals surface area (Å²) in [6.07, 6.45) is 4.14. The van der Waals surface area contributed by atoms with Gasteiger partial charge < -0.3 is 15.2 Å². The maximum absolute atomic E-state index is 13.6. The lowest BCUT2D eigenvalue weighted by molar-refractivity contribution is -0.114. The fourth-order valence-corrected chi connectivity index (χ4v) is 2.53. The van der Waals surface area contributed by atoms with Gasteiger partial charge in [0.25, 0.3) is 11.5 Å². The minimum atomic E-state index is -3.10. The number of carbonyl (C=O) groups is 1. The molecule has 0 atom stereocenters. The minimum Gasteiger partial charge on any atom is -0.340 e. The van der Waals surface area contributed by atoms with Gasteiger partial charge in [-0.05, 0) is 12.1 Å². The van der Waals surface area contributed by atoms with E-state index < -0.39 is 5.92 Å². The zero-order valence-electron chi connectivity index (χ0n) is 15.9. The van der Waals surface area contributed by atoms with Gasteiger partial charge in [-0.3, -0.25) is 9.59 Å². The number of carbonyl (C=O) groups excluding carboxylic acids is 1. The van der Waals surface area contributed by atoms with Crippen molar-refractivity contribution in [3.63, 3.8) is 0 Å². The fourth-order valence-electron chi connectivity index (χ4n) is 2.53. The number of halogens is 2. The van der Waals surface area contributed by atoms with E-state index in [0.717, 1.165) is 13.1 Å². The monoisotopic (exact) mass is 400 g/mol. The molecular weight excluding hydrogens is 382 g/mol. The lowest BCUT2D eigenvalue weighted by Crippen LogP contribution is -2.16. The summed E-state index contributed by atoms with van der Waals surface area (Å²) in [6.45, 7) is 2.10. The molecule has 29 heavy (non-hydrogen) atoms. The summed E-state index contributed by atoms with van der Waals surface area (Å²) < 4.78 is 28.6. The number of hydrogen-bond acceptors (Lipinski definition) is 6. The van der Waals surface area contributed by atoms with Crippen LogP contribution in [0.3, 0.4) is 0 Å². The number of hydrogen-bond donors (Lipinski definition) is 2. The molecule has 3 aromatic rings. The topological polar surface area (TPSA) is 102 Å². The highest BCUT2D eigenvalue weighted by Gasteiger charge is 2.26. The van der Waals surface area contributed by atoms with Crippen LogP contribution in [0, 0.1) is 0 Å². The molecule has 0 saturated carbocycles. The van der Waals surface area contributed by atoms with Crippen molar-refractivity contribution in [3.05, 3.63) is 58.9 Å². The maximum atomic E-state index is 13.6. The van der Waals surface area contributed by atoms with Gasteiger partial charge in [-0.25, -0.2) is 15.0 Å². The summed E-state index contributed by atoms with van der Waals surface area (Å²) in [5.41, 5.74) is 0.656. The largest absolute Gasteiger partial charge is 0.340 e. The molecule has 150 valence electrons. The molecule has 0 aliphatic rings. The van der Waals surface area contributed by atoms with Crippen LogP contribution in [0.5, 0.6) is 0 Å². The second-order valence-corrected chi connectivity index (χ2v) is 6.44. The van der Waals surface area contributed by atoms with Gasteiger partial charge in [-0.1, -0.05) is 6.07 Å². The molecule has 1 amide bonds. The lowest BCUT2D eigenvalue weighted by Gasteiger charge is -2.15. The molecule has 8 nitrogen and oxygen atoms in total. The van der Waals surface area contributed by atoms with Gasteiger partial charge >= 0.3 is 0 Å². The van der Waals surface area contributed by atoms with Gasteiger partial charge in [0.1, 0.15) is 17.3 Å². The van der Waals surface area contributed by atoms with E-state index in [2.05, 4.69) is 25.6 Å². The third-order valence-electron chi connectivity index (χ3n) is 3.92. The summed E-state index contributed by atoms with van der Waals surface area (Å²) in [5, 5.41) is 5.53. The molecule has 0 aromatic carbocycles. The molecule has 10 heteroatoms. The van der Waals surface area contributed by atoms with Crippen LogP contribution in [0.15, 0.2) is 47.7 Å². The SMILES string of the molecule is CC(=O)Nc1cc(Nc2cccc(C(C)(F)F)n2)c(-c2cn(C)c(=O)cn2)cn1. The van der Waals surface area contributed by atoms with Crippen molar-refractivity contribution >= 4 is 23.2 Å². The Balaban J connectivity index is 2.08. The second kappa shape index (κ2) is 7.74. The van der Waals surface area contributed by atoms with Crippen LogP contribution in [-0.4, -0.2) is 25.4 Å². The van der Waals surface area contributed by atoms with Crippen molar-refractivity contribution in [2.45, 2.75) is 19.8 Å².